The zero-order chi connectivity index (χ0) is 28.2. The minimum atomic E-state index is -3.54. The Balaban J connectivity index is 1.86. The van der Waals surface area contributed by atoms with E-state index in [1.807, 2.05) is 0 Å². The molecule has 0 bridgehead atoms. The Morgan fingerprint density at radius 1 is 0.390 bits per heavy atom. The van der Waals surface area contributed by atoms with Crippen LogP contribution in [0.5, 0.6) is 0 Å². The van der Waals surface area contributed by atoms with Crippen LogP contribution in [0.15, 0.2) is 182 Å². The Bertz CT molecular complexity index is 1510. The van der Waals surface area contributed by atoms with Crippen LogP contribution in [0.25, 0.3) is 0 Å². The molecule has 6 aromatic rings. The van der Waals surface area contributed by atoms with E-state index >= 15 is 0 Å². The SMILES string of the molecule is Cl[P](c1ccccc1)(c1ccccc1)(c1ccccc1)[Mo]([Mo])[PH](c1ccccc1)(c1ccccc1)c1ccccc1. The fourth-order valence-corrected chi connectivity index (χ4v) is 82.5. The third kappa shape index (κ3) is 4.69. The molecule has 5 heteroatoms. The maximum absolute atomic E-state index is 9.00. The van der Waals surface area contributed by atoms with Gasteiger partial charge in [-0.2, -0.15) is 0 Å². The van der Waals surface area contributed by atoms with Crippen molar-refractivity contribution in [2.45, 2.75) is 0 Å². The summed E-state index contributed by atoms with van der Waals surface area (Å²) in [5.74, 6) is 0. The third-order valence-electron chi connectivity index (χ3n) is 7.77. The number of hydrogen-bond acceptors (Lipinski definition) is 0. The normalized spacial score (nSPS) is 13.3. The molecule has 0 N–H and O–H groups in total. The molecule has 0 fully saturated rings. The summed E-state index contributed by atoms with van der Waals surface area (Å²) in [6.45, 7) is 0. The Labute approximate surface area is 262 Å². The topological polar surface area (TPSA) is 0 Å². The standard InChI is InChI=1S/C18H15ClP.C18H15P.2Mo/c19-20(16-10-4-1-5-11-16,17-12-6-2-7-13-17)18-14-8-3-9-15-18;1-4-10-16(11-5-1)19(17-12-6-2-7-13-17)18-14-8-3-9-15-18;;/h1-15H;1-15H;;/q+1;;;-2/p+1. The summed E-state index contributed by atoms with van der Waals surface area (Å²) in [6, 6.07) is 67.2. The predicted octanol–water partition coefficient (Wildman–Crippen LogP) is 7.31. The van der Waals surface area contributed by atoms with Gasteiger partial charge in [0.1, 0.15) is 0 Å². The van der Waals surface area contributed by atoms with Crippen LogP contribution in [0.2, 0.25) is 0 Å². The van der Waals surface area contributed by atoms with Crippen molar-refractivity contribution in [2.24, 2.45) is 0 Å². The van der Waals surface area contributed by atoms with E-state index in [1.54, 1.807) is 0 Å². The van der Waals surface area contributed by atoms with Crippen LogP contribution in [0.4, 0.5) is 0 Å². The van der Waals surface area contributed by atoms with E-state index in [9.17, 15) is 0 Å². The van der Waals surface area contributed by atoms with Gasteiger partial charge >= 0.3 is 265 Å². The molecule has 6 rings (SSSR count). The van der Waals surface area contributed by atoms with E-state index in [4.69, 9.17) is 11.2 Å². The van der Waals surface area contributed by atoms with E-state index in [1.165, 1.54) is 31.8 Å². The number of benzene rings is 6. The maximum atomic E-state index is 9.00. The molecule has 0 aliphatic rings. The first kappa shape index (κ1) is 28.9. The minimum absolute atomic E-state index is 1.28. The first-order valence-corrected chi connectivity index (χ1v) is 29.9. The van der Waals surface area contributed by atoms with Crippen molar-refractivity contribution in [3.8, 4) is 0 Å². The second-order valence-corrected chi connectivity index (χ2v) is 51.2. The van der Waals surface area contributed by atoms with Gasteiger partial charge in [-0.15, -0.1) is 0 Å². The van der Waals surface area contributed by atoms with Crippen LogP contribution >= 0.6 is 20.6 Å². The van der Waals surface area contributed by atoms with E-state index in [2.05, 4.69) is 199 Å². The van der Waals surface area contributed by atoms with Crippen LogP contribution < -0.4 is 31.8 Å². The van der Waals surface area contributed by atoms with Gasteiger partial charge in [-0.3, -0.25) is 0 Å². The summed E-state index contributed by atoms with van der Waals surface area (Å²) in [5.41, 5.74) is 0. The molecule has 0 saturated heterocycles. The molecule has 0 aliphatic carbocycles. The molecule has 0 saturated carbocycles. The van der Waals surface area contributed by atoms with Gasteiger partial charge in [0.25, 0.3) is 0 Å². The zero-order valence-corrected chi connectivity index (χ0v) is 29.1. The van der Waals surface area contributed by atoms with Gasteiger partial charge in [0.05, 0.1) is 0 Å². The van der Waals surface area contributed by atoms with Gasteiger partial charge in [0, 0.05) is 0 Å². The fraction of sp³-hybridized carbons (Fsp3) is 0. The van der Waals surface area contributed by atoms with Crippen molar-refractivity contribution >= 4 is 52.5 Å². The van der Waals surface area contributed by atoms with Gasteiger partial charge in [-0.25, -0.2) is 0 Å². The van der Waals surface area contributed by atoms with Gasteiger partial charge in [0.2, 0.25) is 0 Å². The molecule has 0 spiro atoms. The molecule has 0 nitrogen and oxygen atoms in total. The Kier molecular flexibility index (Phi) is 8.63. The molecule has 0 amide bonds. The second kappa shape index (κ2) is 12.2. The molecule has 6 aromatic carbocycles. The van der Waals surface area contributed by atoms with E-state index in [-0.39, 0.29) is 0 Å². The van der Waals surface area contributed by atoms with E-state index in [0.29, 0.717) is 0 Å². The molecule has 0 heterocycles. The van der Waals surface area contributed by atoms with Gasteiger partial charge in [-0.05, 0) is 0 Å². The monoisotopic (exact) mass is 756 g/mol. The summed E-state index contributed by atoms with van der Waals surface area (Å²) in [4.78, 5) is 0. The van der Waals surface area contributed by atoms with E-state index < -0.39 is 22.7 Å². The van der Waals surface area contributed by atoms with Crippen molar-refractivity contribution < 1.29 is 30.1 Å². The summed E-state index contributed by atoms with van der Waals surface area (Å²) in [6.07, 6.45) is 0. The van der Waals surface area contributed by atoms with Crippen LogP contribution in [0.3, 0.4) is 0 Å². The van der Waals surface area contributed by atoms with Crippen molar-refractivity contribution in [1.82, 2.24) is 0 Å². The molecule has 0 radical (unpaired) electrons. The molecular formula is C36H31ClMo2P2. The number of rotatable bonds is 8. The first-order chi connectivity index (χ1) is 20.1. The van der Waals surface area contributed by atoms with Gasteiger partial charge in [-0.1, -0.05) is 0 Å². The number of halogens is 1. The van der Waals surface area contributed by atoms with E-state index in [0.717, 1.165) is 0 Å². The summed E-state index contributed by atoms with van der Waals surface area (Å²) >= 11 is 8.89. The quantitative estimate of drug-likeness (QED) is 0.113. The van der Waals surface area contributed by atoms with Crippen molar-refractivity contribution in [3.63, 3.8) is 0 Å². The molecule has 0 aliphatic heterocycles. The average Bonchev–Trinajstić information content (AvgIpc) is 3.07. The predicted molar refractivity (Wildman–Crippen MR) is 178 cm³/mol. The van der Waals surface area contributed by atoms with Crippen molar-refractivity contribution in [2.75, 3.05) is 0 Å². The van der Waals surface area contributed by atoms with Crippen molar-refractivity contribution in [3.05, 3.63) is 182 Å². The van der Waals surface area contributed by atoms with Gasteiger partial charge in [0.15, 0.2) is 0 Å². The molecular weight excluding hydrogens is 722 g/mol. The summed E-state index contributed by atoms with van der Waals surface area (Å²) < 4.78 is -3.54. The van der Waals surface area contributed by atoms with Gasteiger partial charge < -0.3 is 0 Å². The average molecular weight is 753 g/mol. The Morgan fingerprint density at radius 3 is 0.854 bits per heavy atom. The van der Waals surface area contributed by atoms with Crippen LogP contribution in [0, 0.1) is 0 Å². The summed E-state index contributed by atoms with van der Waals surface area (Å²) in [5, 5.41) is 5.47. The van der Waals surface area contributed by atoms with Crippen molar-refractivity contribution in [1.29, 1.82) is 0 Å². The second-order valence-electron chi connectivity index (χ2n) is 9.97. The Hall–Kier alpha value is -2.15. The molecule has 0 atom stereocenters. The molecule has 41 heavy (non-hydrogen) atoms. The molecule has 0 aromatic heterocycles. The zero-order valence-electron chi connectivity index (χ0n) is 22.5. The fourth-order valence-electron chi connectivity index (χ4n) is 5.90. The Morgan fingerprint density at radius 2 is 0.610 bits per heavy atom. The number of hydrogen-bond donors (Lipinski definition) is 0. The van der Waals surface area contributed by atoms with Crippen LogP contribution in [-0.4, -0.2) is 0 Å². The first-order valence-electron chi connectivity index (χ1n) is 13.6. The third-order valence-corrected chi connectivity index (χ3v) is 79.8. The molecule has 0 unspecified atom stereocenters. The summed E-state index contributed by atoms with van der Waals surface area (Å²) in [7, 11) is 0. The molecule has 204 valence electrons. The van der Waals surface area contributed by atoms with Crippen LogP contribution in [-0.2, 0) is 30.1 Å². The van der Waals surface area contributed by atoms with Crippen LogP contribution in [0.1, 0.15) is 0 Å².